The topological polar surface area (TPSA) is 64.6 Å². The summed E-state index contributed by atoms with van der Waals surface area (Å²) in [5.74, 6) is -0.431. The number of benzene rings is 1. The second-order valence-electron chi connectivity index (χ2n) is 4.59. The summed E-state index contributed by atoms with van der Waals surface area (Å²) in [5.41, 5.74) is 1.72. The number of nitrogens with one attached hydrogen (secondary N) is 1. The molecule has 0 spiro atoms. The van der Waals surface area contributed by atoms with Crippen molar-refractivity contribution in [3.63, 3.8) is 0 Å². The Morgan fingerprint density at radius 2 is 1.92 bits per heavy atom. The molecule has 5 nitrogen and oxygen atoms in total. The van der Waals surface area contributed by atoms with Crippen molar-refractivity contribution in [1.82, 2.24) is 0 Å². The summed E-state index contributed by atoms with van der Waals surface area (Å²) in [4.78, 5) is 22.8. The standard InChI is InChI=1S/C16H15Cl2NO4S/c1-3-23-16(21)12-11(9-4-6-10(22-2)7-5-9)8-24-15(12)19-14(20)13(17)18/h4-8,13H,3H2,1-2H3,(H,19,20). The van der Waals surface area contributed by atoms with Crippen LogP contribution in [0.3, 0.4) is 0 Å². The van der Waals surface area contributed by atoms with E-state index in [-0.39, 0.29) is 12.2 Å². The maximum absolute atomic E-state index is 12.3. The molecule has 0 fully saturated rings. The van der Waals surface area contributed by atoms with Crippen molar-refractivity contribution in [3.05, 3.63) is 35.2 Å². The van der Waals surface area contributed by atoms with Crippen molar-refractivity contribution in [2.24, 2.45) is 0 Å². The number of anilines is 1. The largest absolute Gasteiger partial charge is 0.497 e. The Hall–Kier alpha value is -1.76. The second kappa shape index (κ2) is 8.37. The summed E-state index contributed by atoms with van der Waals surface area (Å²) in [5, 5.41) is 4.66. The number of ether oxygens (including phenoxy) is 2. The van der Waals surface area contributed by atoms with Gasteiger partial charge in [0.15, 0.2) is 4.84 Å². The monoisotopic (exact) mass is 387 g/mol. The van der Waals surface area contributed by atoms with Crippen LogP contribution >= 0.6 is 34.5 Å². The van der Waals surface area contributed by atoms with Crippen LogP contribution in [0, 0.1) is 0 Å². The normalized spacial score (nSPS) is 10.5. The van der Waals surface area contributed by atoms with Gasteiger partial charge < -0.3 is 14.8 Å². The SMILES string of the molecule is CCOC(=O)c1c(-c2ccc(OC)cc2)csc1NC(=O)C(Cl)Cl. The number of esters is 1. The van der Waals surface area contributed by atoms with Crippen molar-refractivity contribution in [3.8, 4) is 16.9 Å². The van der Waals surface area contributed by atoms with E-state index in [2.05, 4.69) is 5.32 Å². The number of halogens is 2. The molecule has 1 N–H and O–H groups in total. The Morgan fingerprint density at radius 1 is 1.25 bits per heavy atom. The Balaban J connectivity index is 2.44. The predicted molar refractivity (Wildman–Crippen MR) is 96.4 cm³/mol. The van der Waals surface area contributed by atoms with Crippen LogP contribution in [0.4, 0.5) is 5.00 Å². The second-order valence-corrected chi connectivity index (χ2v) is 6.57. The zero-order valence-electron chi connectivity index (χ0n) is 13.0. The van der Waals surface area contributed by atoms with Crippen LogP contribution in [0.2, 0.25) is 0 Å². The number of thiophene rings is 1. The van der Waals surface area contributed by atoms with E-state index in [1.807, 2.05) is 12.1 Å². The highest BCUT2D eigenvalue weighted by molar-refractivity contribution is 7.15. The van der Waals surface area contributed by atoms with Gasteiger partial charge in [0.25, 0.3) is 5.91 Å². The quantitative estimate of drug-likeness (QED) is 0.591. The lowest BCUT2D eigenvalue weighted by Gasteiger charge is -2.09. The fourth-order valence-corrected chi connectivity index (χ4v) is 3.07. The predicted octanol–water partition coefficient (Wildman–Crippen LogP) is 4.34. The molecule has 0 bridgehead atoms. The molecule has 1 aromatic heterocycles. The average molecular weight is 388 g/mol. The first-order valence-corrected chi connectivity index (χ1v) is 8.75. The van der Waals surface area contributed by atoms with Crippen LogP contribution < -0.4 is 10.1 Å². The Labute approximate surface area is 153 Å². The molecule has 8 heteroatoms. The lowest BCUT2D eigenvalue weighted by atomic mass is 10.0. The van der Waals surface area contributed by atoms with E-state index in [9.17, 15) is 9.59 Å². The van der Waals surface area contributed by atoms with Crippen molar-refractivity contribution >= 4 is 51.4 Å². The molecule has 2 rings (SSSR count). The zero-order valence-corrected chi connectivity index (χ0v) is 15.3. The number of methoxy groups -OCH3 is 1. The third-order valence-electron chi connectivity index (χ3n) is 3.11. The molecule has 0 radical (unpaired) electrons. The van der Waals surface area contributed by atoms with Gasteiger partial charge in [-0.15, -0.1) is 11.3 Å². The van der Waals surface area contributed by atoms with Gasteiger partial charge >= 0.3 is 5.97 Å². The molecule has 1 heterocycles. The van der Waals surface area contributed by atoms with Gasteiger partial charge in [0.05, 0.1) is 13.7 Å². The molecule has 0 atom stereocenters. The maximum Gasteiger partial charge on any atom is 0.341 e. The Morgan fingerprint density at radius 3 is 2.46 bits per heavy atom. The molecule has 0 unspecified atom stereocenters. The van der Waals surface area contributed by atoms with E-state index >= 15 is 0 Å². The van der Waals surface area contributed by atoms with Gasteiger partial charge in [0, 0.05) is 10.9 Å². The first-order chi connectivity index (χ1) is 11.5. The molecule has 1 amide bonds. The lowest BCUT2D eigenvalue weighted by molar-refractivity contribution is -0.114. The van der Waals surface area contributed by atoms with E-state index in [1.165, 1.54) is 11.3 Å². The number of amides is 1. The zero-order chi connectivity index (χ0) is 17.7. The van der Waals surface area contributed by atoms with E-state index in [4.69, 9.17) is 32.7 Å². The fourth-order valence-electron chi connectivity index (χ4n) is 2.01. The first kappa shape index (κ1) is 18.6. The van der Waals surface area contributed by atoms with Gasteiger partial charge in [-0.25, -0.2) is 4.79 Å². The van der Waals surface area contributed by atoms with Crippen LogP contribution in [0.1, 0.15) is 17.3 Å². The Bertz CT molecular complexity index is 728. The lowest BCUT2D eigenvalue weighted by Crippen LogP contribution is -2.19. The van der Waals surface area contributed by atoms with Crippen LogP contribution in [0.15, 0.2) is 29.6 Å². The smallest absolute Gasteiger partial charge is 0.341 e. The van der Waals surface area contributed by atoms with Crippen molar-refractivity contribution in [2.45, 2.75) is 11.8 Å². The van der Waals surface area contributed by atoms with E-state index in [1.54, 1.807) is 31.5 Å². The highest BCUT2D eigenvalue weighted by Gasteiger charge is 2.24. The molecule has 1 aromatic carbocycles. The first-order valence-electron chi connectivity index (χ1n) is 7.00. The van der Waals surface area contributed by atoms with Gasteiger partial charge in [0.2, 0.25) is 0 Å². The number of hydrogen-bond donors (Lipinski definition) is 1. The number of hydrogen-bond acceptors (Lipinski definition) is 5. The van der Waals surface area contributed by atoms with Crippen LogP contribution in [0.25, 0.3) is 11.1 Å². The summed E-state index contributed by atoms with van der Waals surface area (Å²) in [6.07, 6.45) is 0. The van der Waals surface area contributed by atoms with E-state index in [0.717, 1.165) is 5.56 Å². The molecule has 0 aliphatic rings. The molecule has 0 aliphatic carbocycles. The highest BCUT2D eigenvalue weighted by atomic mass is 35.5. The van der Waals surface area contributed by atoms with E-state index < -0.39 is 16.7 Å². The molecule has 0 saturated heterocycles. The third kappa shape index (κ3) is 4.20. The molecule has 24 heavy (non-hydrogen) atoms. The molecular formula is C16H15Cl2NO4S. The van der Waals surface area contributed by atoms with Gasteiger partial charge in [-0.05, 0) is 24.6 Å². The summed E-state index contributed by atoms with van der Waals surface area (Å²) in [7, 11) is 1.58. The minimum atomic E-state index is -1.23. The molecule has 0 saturated carbocycles. The minimum Gasteiger partial charge on any atom is -0.497 e. The van der Waals surface area contributed by atoms with Crippen LogP contribution in [-0.2, 0) is 9.53 Å². The number of alkyl halides is 2. The van der Waals surface area contributed by atoms with Gasteiger partial charge in [0.1, 0.15) is 16.3 Å². The van der Waals surface area contributed by atoms with Gasteiger partial charge in [-0.1, -0.05) is 35.3 Å². The summed E-state index contributed by atoms with van der Waals surface area (Å²) in [6.45, 7) is 1.93. The molecule has 128 valence electrons. The number of rotatable bonds is 6. The highest BCUT2D eigenvalue weighted by Crippen LogP contribution is 2.37. The molecular weight excluding hydrogens is 373 g/mol. The summed E-state index contributed by atoms with van der Waals surface area (Å²) >= 11 is 12.3. The number of carbonyl (C=O) groups excluding carboxylic acids is 2. The van der Waals surface area contributed by atoms with Crippen molar-refractivity contribution in [2.75, 3.05) is 19.0 Å². The average Bonchev–Trinajstić information content (AvgIpc) is 2.98. The van der Waals surface area contributed by atoms with E-state index in [0.29, 0.717) is 16.3 Å². The van der Waals surface area contributed by atoms with Gasteiger partial charge in [-0.3, -0.25) is 4.79 Å². The molecule has 0 aliphatic heterocycles. The van der Waals surface area contributed by atoms with Gasteiger partial charge in [-0.2, -0.15) is 0 Å². The third-order valence-corrected chi connectivity index (χ3v) is 4.40. The fraction of sp³-hybridized carbons (Fsp3) is 0.250. The summed E-state index contributed by atoms with van der Waals surface area (Å²) in [6, 6.07) is 7.21. The summed E-state index contributed by atoms with van der Waals surface area (Å²) < 4.78 is 10.2. The molecule has 2 aromatic rings. The van der Waals surface area contributed by atoms with Crippen molar-refractivity contribution in [1.29, 1.82) is 0 Å². The maximum atomic E-state index is 12.3. The number of carbonyl (C=O) groups is 2. The minimum absolute atomic E-state index is 0.220. The van der Waals surface area contributed by atoms with Crippen molar-refractivity contribution < 1.29 is 19.1 Å². The Kier molecular flexibility index (Phi) is 6.48. The van der Waals surface area contributed by atoms with Crippen LogP contribution in [0.5, 0.6) is 5.75 Å². The van der Waals surface area contributed by atoms with Crippen LogP contribution in [-0.4, -0.2) is 30.4 Å².